The Bertz CT molecular complexity index is 460. The van der Waals surface area contributed by atoms with Crippen LogP contribution in [0.3, 0.4) is 0 Å². The lowest BCUT2D eigenvalue weighted by Crippen LogP contribution is -2.05. The molecule has 5 heteroatoms. The zero-order valence-electron chi connectivity index (χ0n) is 9.04. The van der Waals surface area contributed by atoms with Crippen molar-refractivity contribution >= 4 is 12.0 Å². The molecule has 0 aliphatic rings. The number of benzene rings is 1. The van der Waals surface area contributed by atoms with Gasteiger partial charge in [0.1, 0.15) is 0 Å². The molecule has 0 radical (unpaired) electrons. The molecule has 0 saturated heterocycles. The van der Waals surface area contributed by atoms with E-state index in [0.29, 0.717) is 12.5 Å². The van der Waals surface area contributed by atoms with Crippen molar-refractivity contribution < 1.29 is 0 Å². The van der Waals surface area contributed by atoms with Crippen LogP contribution in [0.4, 0.5) is 5.95 Å². The average Bonchev–Trinajstić information content (AvgIpc) is 2.72. The van der Waals surface area contributed by atoms with Gasteiger partial charge in [0.2, 0.25) is 5.95 Å². The predicted octanol–water partition coefficient (Wildman–Crippen LogP) is 1.34. The minimum absolute atomic E-state index is 0.665. The van der Waals surface area contributed by atoms with Gasteiger partial charge in [-0.1, -0.05) is 47.6 Å². The highest BCUT2D eigenvalue weighted by Gasteiger charge is 1.96. The van der Waals surface area contributed by atoms with Crippen LogP contribution < -0.4 is 5.32 Å². The fourth-order valence-corrected chi connectivity index (χ4v) is 1.29. The first-order chi connectivity index (χ1) is 7.86. The van der Waals surface area contributed by atoms with Gasteiger partial charge in [-0.2, -0.15) is 0 Å². The fourth-order valence-electron chi connectivity index (χ4n) is 1.29. The Morgan fingerprint density at radius 1 is 1.31 bits per heavy atom. The van der Waals surface area contributed by atoms with Crippen LogP contribution in [0.15, 0.2) is 36.4 Å². The van der Waals surface area contributed by atoms with Crippen LogP contribution in [-0.4, -0.2) is 26.8 Å². The third-order valence-electron chi connectivity index (χ3n) is 2.11. The van der Waals surface area contributed by atoms with Crippen LogP contribution in [0.5, 0.6) is 0 Å². The van der Waals surface area contributed by atoms with Crippen LogP contribution in [0.1, 0.15) is 5.56 Å². The molecule has 82 valence electrons. The largest absolute Gasteiger partial charge is 0.350 e. The quantitative estimate of drug-likeness (QED) is 0.836. The second-order valence-electron chi connectivity index (χ2n) is 3.32. The maximum absolute atomic E-state index is 3.82. The highest BCUT2D eigenvalue weighted by Crippen LogP contribution is 2.01. The van der Waals surface area contributed by atoms with E-state index in [1.807, 2.05) is 24.3 Å². The minimum Gasteiger partial charge on any atom is -0.350 e. The first-order valence-corrected chi connectivity index (χ1v) is 5.04. The molecule has 5 nitrogen and oxygen atoms in total. The Labute approximate surface area is 93.8 Å². The van der Waals surface area contributed by atoms with Gasteiger partial charge in [-0.05, 0) is 16.0 Å². The number of nitrogens with one attached hydrogen (secondary N) is 1. The van der Waals surface area contributed by atoms with Gasteiger partial charge in [-0.25, -0.2) is 4.68 Å². The molecule has 1 N–H and O–H groups in total. The van der Waals surface area contributed by atoms with Crippen LogP contribution in [0.2, 0.25) is 0 Å². The molecular weight excluding hydrogens is 202 g/mol. The van der Waals surface area contributed by atoms with Crippen LogP contribution in [0.25, 0.3) is 6.08 Å². The van der Waals surface area contributed by atoms with Gasteiger partial charge in [0.25, 0.3) is 0 Å². The summed E-state index contributed by atoms with van der Waals surface area (Å²) in [5.41, 5.74) is 1.18. The lowest BCUT2D eigenvalue weighted by molar-refractivity contribution is 0.713. The van der Waals surface area contributed by atoms with E-state index in [1.54, 1.807) is 11.7 Å². The molecule has 0 atom stereocenters. The molecular formula is C11H13N5. The molecule has 0 spiro atoms. The Hall–Kier alpha value is -2.17. The van der Waals surface area contributed by atoms with E-state index in [9.17, 15) is 0 Å². The van der Waals surface area contributed by atoms with Crippen molar-refractivity contribution in [2.45, 2.75) is 0 Å². The summed E-state index contributed by atoms with van der Waals surface area (Å²) in [4.78, 5) is 0. The molecule has 1 heterocycles. The third-order valence-corrected chi connectivity index (χ3v) is 2.11. The zero-order valence-corrected chi connectivity index (χ0v) is 9.04. The van der Waals surface area contributed by atoms with Gasteiger partial charge >= 0.3 is 0 Å². The van der Waals surface area contributed by atoms with Crippen molar-refractivity contribution in [2.24, 2.45) is 7.05 Å². The summed E-state index contributed by atoms with van der Waals surface area (Å²) in [5, 5.41) is 14.2. The van der Waals surface area contributed by atoms with Crippen LogP contribution in [-0.2, 0) is 7.05 Å². The van der Waals surface area contributed by atoms with E-state index in [1.165, 1.54) is 5.56 Å². The Balaban J connectivity index is 1.85. The molecule has 0 amide bonds. The summed E-state index contributed by atoms with van der Waals surface area (Å²) < 4.78 is 1.59. The number of aromatic nitrogens is 4. The van der Waals surface area contributed by atoms with E-state index in [4.69, 9.17) is 0 Å². The van der Waals surface area contributed by atoms with Crippen molar-refractivity contribution in [2.75, 3.05) is 11.9 Å². The van der Waals surface area contributed by atoms with Crippen LogP contribution in [0, 0.1) is 0 Å². The Kier molecular flexibility index (Phi) is 3.28. The number of nitrogens with zero attached hydrogens (tertiary/aromatic N) is 4. The highest BCUT2D eigenvalue weighted by molar-refractivity contribution is 5.49. The molecule has 0 aliphatic carbocycles. The van der Waals surface area contributed by atoms with E-state index in [0.717, 1.165) is 0 Å². The fraction of sp³-hybridized carbons (Fsp3) is 0.182. The maximum Gasteiger partial charge on any atom is 0.242 e. The van der Waals surface area contributed by atoms with E-state index < -0.39 is 0 Å². The smallest absolute Gasteiger partial charge is 0.242 e. The number of anilines is 1. The molecule has 0 unspecified atom stereocenters. The molecule has 0 fully saturated rings. The Morgan fingerprint density at radius 2 is 2.12 bits per heavy atom. The lowest BCUT2D eigenvalue weighted by atomic mass is 10.2. The first-order valence-electron chi connectivity index (χ1n) is 5.04. The maximum atomic E-state index is 3.82. The summed E-state index contributed by atoms with van der Waals surface area (Å²) in [6.45, 7) is 0.698. The van der Waals surface area contributed by atoms with E-state index >= 15 is 0 Å². The molecule has 0 aliphatic heterocycles. The van der Waals surface area contributed by atoms with Gasteiger partial charge in [-0.15, -0.1) is 0 Å². The summed E-state index contributed by atoms with van der Waals surface area (Å²) in [5.74, 6) is 0.665. The first kappa shape index (κ1) is 10.4. The normalized spacial score (nSPS) is 10.8. The van der Waals surface area contributed by atoms with Crippen molar-refractivity contribution in [1.29, 1.82) is 0 Å². The zero-order chi connectivity index (χ0) is 11.2. The average molecular weight is 215 g/mol. The summed E-state index contributed by atoms with van der Waals surface area (Å²) in [6, 6.07) is 10.1. The van der Waals surface area contributed by atoms with E-state index in [2.05, 4.69) is 39.1 Å². The van der Waals surface area contributed by atoms with Crippen molar-refractivity contribution in [3.63, 3.8) is 0 Å². The van der Waals surface area contributed by atoms with E-state index in [-0.39, 0.29) is 0 Å². The van der Waals surface area contributed by atoms with Crippen LogP contribution >= 0.6 is 0 Å². The van der Waals surface area contributed by atoms with Gasteiger partial charge < -0.3 is 5.32 Å². The van der Waals surface area contributed by atoms with Gasteiger partial charge in [-0.3, -0.25) is 0 Å². The van der Waals surface area contributed by atoms with Gasteiger partial charge in [0, 0.05) is 13.6 Å². The topological polar surface area (TPSA) is 55.6 Å². The standard InChI is InChI=1S/C11H13N5/c1-16-11(13-14-15-16)12-9-5-8-10-6-3-2-4-7-10/h2-8H,9H2,1H3,(H,12,13,15)/b8-5-. The lowest BCUT2D eigenvalue weighted by Gasteiger charge is -1.98. The molecule has 0 bridgehead atoms. The van der Waals surface area contributed by atoms with Crippen molar-refractivity contribution in [3.05, 3.63) is 42.0 Å². The molecule has 1 aromatic carbocycles. The summed E-state index contributed by atoms with van der Waals surface area (Å²) >= 11 is 0. The summed E-state index contributed by atoms with van der Waals surface area (Å²) in [7, 11) is 1.79. The SMILES string of the molecule is Cn1nnnc1NC/C=C\c1ccccc1. The minimum atomic E-state index is 0.665. The molecule has 2 rings (SSSR count). The molecule has 16 heavy (non-hydrogen) atoms. The number of hydrogen-bond acceptors (Lipinski definition) is 4. The second-order valence-corrected chi connectivity index (χ2v) is 3.32. The van der Waals surface area contributed by atoms with Crippen molar-refractivity contribution in [3.8, 4) is 0 Å². The third kappa shape index (κ3) is 2.66. The molecule has 0 saturated carbocycles. The van der Waals surface area contributed by atoms with Gasteiger partial charge in [0.05, 0.1) is 0 Å². The number of hydrogen-bond donors (Lipinski definition) is 1. The number of aryl methyl sites for hydroxylation is 1. The second kappa shape index (κ2) is 5.06. The number of rotatable bonds is 4. The Morgan fingerprint density at radius 3 is 2.81 bits per heavy atom. The molecule has 2 aromatic rings. The highest BCUT2D eigenvalue weighted by atomic mass is 15.6. The number of tetrazole rings is 1. The molecule has 1 aromatic heterocycles. The van der Waals surface area contributed by atoms with Crippen molar-refractivity contribution in [1.82, 2.24) is 20.2 Å². The monoisotopic (exact) mass is 215 g/mol. The predicted molar refractivity (Wildman–Crippen MR) is 62.8 cm³/mol. The van der Waals surface area contributed by atoms with Gasteiger partial charge in [0.15, 0.2) is 0 Å². The summed E-state index contributed by atoms with van der Waals surface area (Å²) in [6.07, 6.45) is 4.08.